The Hall–Kier alpha value is -3.92. The van der Waals surface area contributed by atoms with Crippen LogP contribution < -0.4 is 0 Å². The topological polar surface area (TPSA) is 67.4 Å². The van der Waals surface area contributed by atoms with Gasteiger partial charge >= 0.3 is 0 Å². The molecule has 148 valence electrons. The summed E-state index contributed by atoms with van der Waals surface area (Å²) in [5.41, 5.74) is 2.41. The van der Waals surface area contributed by atoms with Gasteiger partial charge in [-0.2, -0.15) is 24.1 Å². The zero-order valence-corrected chi connectivity index (χ0v) is 16.3. The first-order chi connectivity index (χ1) is 14.4. The molecule has 0 radical (unpaired) electrons. The average molecular weight is 401 g/mol. The maximum atomic E-state index is 14.1. The van der Waals surface area contributed by atoms with Gasteiger partial charge in [0.2, 0.25) is 11.9 Å². The van der Waals surface area contributed by atoms with E-state index in [-0.39, 0.29) is 11.3 Å². The molecule has 0 aliphatic heterocycles. The van der Waals surface area contributed by atoms with Gasteiger partial charge < -0.3 is 0 Å². The SMILES string of the molecule is CC(C)(c1cccc(-c2ccccc2)n1)c1nn(-c2ccc(F)nc2F)cc1C#N. The number of nitriles is 1. The van der Waals surface area contributed by atoms with Crippen LogP contribution in [0.25, 0.3) is 16.9 Å². The molecule has 0 saturated carbocycles. The van der Waals surface area contributed by atoms with Crippen molar-refractivity contribution < 1.29 is 8.78 Å². The molecule has 0 unspecified atom stereocenters. The Morgan fingerprint density at radius 3 is 2.40 bits per heavy atom. The Kier molecular flexibility index (Phi) is 4.84. The smallest absolute Gasteiger partial charge is 0.241 e. The van der Waals surface area contributed by atoms with Gasteiger partial charge in [0, 0.05) is 11.8 Å². The molecular weight excluding hydrogens is 384 g/mol. The van der Waals surface area contributed by atoms with Crippen LogP contribution in [-0.2, 0) is 5.41 Å². The quantitative estimate of drug-likeness (QED) is 0.461. The molecular formula is C23H17F2N5. The first-order valence-corrected chi connectivity index (χ1v) is 9.26. The number of rotatable bonds is 4. The molecule has 0 bridgehead atoms. The summed E-state index contributed by atoms with van der Waals surface area (Å²) < 4.78 is 28.5. The van der Waals surface area contributed by atoms with Gasteiger partial charge in [0.15, 0.2) is 0 Å². The molecule has 4 rings (SSSR count). The zero-order valence-electron chi connectivity index (χ0n) is 16.3. The van der Waals surface area contributed by atoms with Crippen molar-refractivity contribution in [1.29, 1.82) is 5.26 Å². The number of hydrogen-bond donors (Lipinski definition) is 0. The highest BCUT2D eigenvalue weighted by molar-refractivity contribution is 5.59. The van der Waals surface area contributed by atoms with E-state index < -0.39 is 17.3 Å². The van der Waals surface area contributed by atoms with Crippen LogP contribution in [0.15, 0.2) is 66.9 Å². The largest absolute Gasteiger partial charge is 0.252 e. The van der Waals surface area contributed by atoms with E-state index in [2.05, 4.69) is 16.2 Å². The molecule has 0 N–H and O–H groups in total. The maximum absolute atomic E-state index is 14.1. The number of halogens is 2. The minimum Gasteiger partial charge on any atom is -0.252 e. The molecule has 0 aliphatic carbocycles. The van der Waals surface area contributed by atoms with Crippen LogP contribution in [0.1, 0.15) is 30.8 Å². The normalized spacial score (nSPS) is 11.3. The molecule has 30 heavy (non-hydrogen) atoms. The van der Waals surface area contributed by atoms with E-state index in [4.69, 9.17) is 4.98 Å². The van der Waals surface area contributed by atoms with Gasteiger partial charge in [-0.05, 0) is 38.1 Å². The Labute approximate surface area is 172 Å². The van der Waals surface area contributed by atoms with E-state index in [1.807, 2.05) is 62.4 Å². The lowest BCUT2D eigenvalue weighted by atomic mass is 9.83. The highest BCUT2D eigenvalue weighted by atomic mass is 19.1. The molecule has 7 heteroatoms. The summed E-state index contributed by atoms with van der Waals surface area (Å²) in [4.78, 5) is 7.97. The number of hydrogen-bond acceptors (Lipinski definition) is 4. The van der Waals surface area contributed by atoms with E-state index in [0.29, 0.717) is 11.4 Å². The highest BCUT2D eigenvalue weighted by Gasteiger charge is 2.32. The van der Waals surface area contributed by atoms with Crippen molar-refractivity contribution in [3.63, 3.8) is 0 Å². The van der Waals surface area contributed by atoms with Crippen molar-refractivity contribution >= 4 is 0 Å². The van der Waals surface area contributed by atoms with Crippen LogP contribution in [-0.4, -0.2) is 19.7 Å². The third-order valence-electron chi connectivity index (χ3n) is 4.93. The van der Waals surface area contributed by atoms with Gasteiger partial charge in [-0.15, -0.1) is 0 Å². The molecule has 1 aromatic carbocycles. The van der Waals surface area contributed by atoms with E-state index in [1.165, 1.54) is 16.9 Å². The van der Waals surface area contributed by atoms with Crippen LogP contribution in [0, 0.1) is 23.2 Å². The summed E-state index contributed by atoms with van der Waals surface area (Å²) in [6.45, 7) is 3.80. The second-order valence-electron chi connectivity index (χ2n) is 7.29. The number of pyridine rings is 2. The predicted octanol–water partition coefficient (Wildman–Crippen LogP) is 4.81. The van der Waals surface area contributed by atoms with Crippen LogP contribution in [0.3, 0.4) is 0 Å². The van der Waals surface area contributed by atoms with Gasteiger partial charge in [0.05, 0.1) is 28.1 Å². The summed E-state index contributed by atoms with van der Waals surface area (Å²) in [6.07, 6.45) is 1.41. The molecule has 3 aromatic heterocycles. The second kappa shape index (κ2) is 7.48. The number of benzene rings is 1. The first kappa shape index (κ1) is 19.4. The van der Waals surface area contributed by atoms with Crippen molar-refractivity contribution in [2.45, 2.75) is 19.3 Å². The van der Waals surface area contributed by atoms with Gasteiger partial charge in [-0.25, -0.2) is 4.68 Å². The zero-order chi connectivity index (χ0) is 21.3. The summed E-state index contributed by atoms with van der Waals surface area (Å²) in [6, 6.07) is 19.8. The minimum absolute atomic E-state index is 0.0408. The lowest BCUT2D eigenvalue weighted by Gasteiger charge is -2.23. The molecule has 0 spiro atoms. The highest BCUT2D eigenvalue weighted by Crippen LogP contribution is 2.33. The minimum atomic E-state index is -1.00. The van der Waals surface area contributed by atoms with Crippen molar-refractivity contribution in [3.8, 4) is 23.0 Å². The fourth-order valence-electron chi connectivity index (χ4n) is 3.29. The molecule has 5 nitrogen and oxygen atoms in total. The Bertz CT molecular complexity index is 1260. The van der Waals surface area contributed by atoms with E-state index >= 15 is 0 Å². The Morgan fingerprint density at radius 1 is 0.933 bits per heavy atom. The first-order valence-electron chi connectivity index (χ1n) is 9.26. The number of aromatic nitrogens is 4. The van der Waals surface area contributed by atoms with Gasteiger partial charge in [-0.1, -0.05) is 36.4 Å². The van der Waals surface area contributed by atoms with Gasteiger partial charge in [-0.3, -0.25) is 4.98 Å². The summed E-state index contributed by atoms with van der Waals surface area (Å²) in [5, 5.41) is 14.1. The van der Waals surface area contributed by atoms with Crippen LogP contribution >= 0.6 is 0 Å². The summed E-state index contributed by atoms with van der Waals surface area (Å²) in [7, 11) is 0. The average Bonchev–Trinajstić information content (AvgIpc) is 3.19. The van der Waals surface area contributed by atoms with E-state index in [0.717, 1.165) is 17.3 Å². The molecule has 0 aliphatic rings. The molecule has 0 amide bonds. The third kappa shape index (κ3) is 3.44. The predicted molar refractivity (Wildman–Crippen MR) is 108 cm³/mol. The number of nitrogens with zero attached hydrogens (tertiary/aromatic N) is 5. The molecule has 4 aromatic rings. The molecule has 0 fully saturated rings. The van der Waals surface area contributed by atoms with Crippen LogP contribution in [0.4, 0.5) is 8.78 Å². The summed E-state index contributed by atoms with van der Waals surface area (Å²) >= 11 is 0. The lowest BCUT2D eigenvalue weighted by Crippen LogP contribution is -2.23. The third-order valence-corrected chi connectivity index (χ3v) is 4.93. The fraction of sp³-hybridized carbons (Fsp3) is 0.130. The van der Waals surface area contributed by atoms with E-state index in [1.54, 1.807) is 0 Å². The van der Waals surface area contributed by atoms with Crippen molar-refractivity contribution in [2.75, 3.05) is 0 Å². The van der Waals surface area contributed by atoms with Crippen molar-refractivity contribution in [3.05, 3.63) is 95.7 Å². The van der Waals surface area contributed by atoms with Crippen LogP contribution in [0.2, 0.25) is 0 Å². The molecule has 0 saturated heterocycles. The van der Waals surface area contributed by atoms with Gasteiger partial charge in [0.25, 0.3) is 0 Å². The molecule has 0 atom stereocenters. The maximum Gasteiger partial charge on any atom is 0.241 e. The van der Waals surface area contributed by atoms with Gasteiger partial charge in [0.1, 0.15) is 11.8 Å². The van der Waals surface area contributed by atoms with E-state index in [9.17, 15) is 14.0 Å². The van der Waals surface area contributed by atoms with Crippen LogP contribution in [0.5, 0.6) is 0 Å². The van der Waals surface area contributed by atoms with Crippen molar-refractivity contribution in [2.24, 2.45) is 0 Å². The lowest BCUT2D eigenvalue weighted by molar-refractivity contribution is 0.503. The Morgan fingerprint density at radius 2 is 1.70 bits per heavy atom. The standard InChI is InChI=1S/C23H17F2N5/c1-23(2,19-10-6-9-17(27-19)15-7-4-3-5-8-15)21-16(13-26)14-30(29-21)18-11-12-20(24)28-22(18)25/h3-12,14H,1-2H3. The Balaban J connectivity index is 1.80. The monoisotopic (exact) mass is 401 g/mol. The fourth-order valence-corrected chi connectivity index (χ4v) is 3.29. The molecule has 3 heterocycles. The van der Waals surface area contributed by atoms with Crippen molar-refractivity contribution in [1.82, 2.24) is 19.7 Å². The second-order valence-corrected chi connectivity index (χ2v) is 7.29. The summed E-state index contributed by atoms with van der Waals surface area (Å²) in [5.74, 6) is -1.93.